The third-order valence-corrected chi connectivity index (χ3v) is 4.98. The highest BCUT2D eigenvalue weighted by Gasteiger charge is 2.30. The van der Waals surface area contributed by atoms with Gasteiger partial charge in [-0.05, 0) is 36.4 Å². The maximum absolute atomic E-state index is 12.6. The van der Waals surface area contributed by atoms with Crippen LogP contribution in [0.2, 0.25) is 5.02 Å². The second kappa shape index (κ2) is 9.03. The molecule has 2 aromatic carbocycles. The second-order valence-corrected chi connectivity index (χ2v) is 7.13. The molecule has 1 aliphatic rings. The molecular weight excluding hydrogens is 393 g/mol. The van der Waals surface area contributed by atoms with Crippen molar-refractivity contribution >= 4 is 17.3 Å². The topological polar surface area (TPSA) is 35.9 Å². The minimum atomic E-state index is -4.37. The Morgan fingerprint density at radius 3 is 2.25 bits per heavy atom. The van der Waals surface area contributed by atoms with E-state index in [1.807, 2.05) is 24.3 Å². The minimum absolute atomic E-state index is 0.0239. The lowest BCUT2D eigenvalue weighted by molar-refractivity contribution is -0.137. The number of aliphatic hydroxyl groups is 1. The average molecular weight is 415 g/mol. The van der Waals surface area contributed by atoms with Crippen molar-refractivity contribution in [3.8, 4) is 5.75 Å². The fraction of sp³-hybridized carbons (Fsp3) is 0.400. The molecule has 0 spiro atoms. The molecule has 1 atom stereocenters. The Morgan fingerprint density at radius 2 is 1.64 bits per heavy atom. The van der Waals surface area contributed by atoms with Gasteiger partial charge in [-0.1, -0.05) is 23.7 Å². The Morgan fingerprint density at radius 1 is 1.00 bits per heavy atom. The summed E-state index contributed by atoms with van der Waals surface area (Å²) in [6, 6.07) is 12.2. The Bertz CT molecular complexity index is 763. The minimum Gasteiger partial charge on any atom is -0.491 e. The van der Waals surface area contributed by atoms with Gasteiger partial charge in [-0.15, -0.1) is 0 Å². The number of β-amino-alcohol motifs (C(OH)–C–C–N with tert-alkyl or cyclic N) is 1. The number of hydrogen-bond acceptors (Lipinski definition) is 4. The van der Waals surface area contributed by atoms with E-state index in [1.54, 1.807) is 0 Å². The molecule has 0 amide bonds. The van der Waals surface area contributed by atoms with E-state index in [0.717, 1.165) is 49.0 Å². The fourth-order valence-electron chi connectivity index (χ4n) is 3.16. The van der Waals surface area contributed by atoms with Crippen molar-refractivity contribution in [2.24, 2.45) is 0 Å². The molecule has 3 rings (SSSR count). The number of anilines is 1. The molecular formula is C20H22ClF3N2O2. The van der Waals surface area contributed by atoms with Crippen LogP contribution < -0.4 is 9.64 Å². The molecule has 1 aliphatic heterocycles. The van der Waals surface area contributed by atoms with E-state index in [1.165, 1.54) is 12.1 Å². The first kappa shape index (κ1) is 20.8. The maximum atomic E-state index is 12.6. The number of para-hydroxylation sites is 1. The molecule has 1 fully saturated rings. The predicted octanol–water partition coefficient (Wildman–Crippen LogP) is 3.92. The number of aliphatic hydroxyl groups excluding tert-OH is 1. The van der Waals surface area contributed by atoms with E-state index < -0.39 is 17.8 Å². The number of ether oxygens (including phenoxy) is 1. The van der Waals surface area contributed by atoms with Crippen LogP contribution in [0.5, 0.6) is 5.75 Å². The molecule has 28 heavy (non-hydrogen) atoms. The summed E-state index contributed by atoms with van der Waals surface area (Å²) in [4.78, 5) is 4.35. The summed E-state index contributed by atoms with van der Waals surface area (Å²) in [5.41, 5.74) is 0.284. The van der Waals surface area contributed by atoms with Gasteiger partial charge in [0.1, 0.15) is 18.5 Å². The van der Waals surface area contributed by atoms with Gasteiger partial charge in [-0.2, -0.15) is 13.2 Å². The van der Waals surface area contributed by atoms with Gasteiger partial charge in [-0.3, -0.25) is 4.90 Å². The van der Waals surface area contributed by atoms with E-state index in [-0.39, 0.29) is 6.61 Å². The zero-order valence-electron chi connectivity index (χ0n) is 15.2. The van der Waals surface area contributed by atoms with Gasteiger partial charge in [0.2, 0.25) is 0 Å². The van der Waals surface area contributed by atoms with Crippen LogP contribution in [0.3, 0.4) is 0 Å². The molecule has 0 unspecified atom stereocenters. The van der Waals surface area contributed by atoms with Crippen LogP contribution in [0.4, 0.5) is 18.9 Å². The summed E-state index contributed by atoms with van der Waals surface area (Å²) in [5.74, 6) is 0.301. The standard InChI is InChI=1S/C20H22ClF3N2O2/c21-18-3-1-2-4-19(18)26-11-9-25(10-12-26)13-16(27)14-28-17-7-5-15(6-8-17)20(22,23)24/h1-8,16,27H,9-14H2/t16-/m0/s1. The van der Waals surface area contributed by atoms with Crippen molar-refractivity contribution in [3.05, 3.63) is 59.1 Å². The fourth-order valence-corrected chi connectivity index (χ4v) is 3.42. The smallest absolute Gasteiger partial charge is 0.416 e. The van der Waals surface area contributed by atoms with Crippen molar-refractivity contribution < 1.29 is 23.0 Å². The molecule has 8 heteroatoms. The SMILES string of the molecule is O[C@H](COc1ccc(C(F)(F)F)cc1)CN1CCN(c2ccccc2Cl)CC1. The Hall–Kier alpha value is -1.96. The van der Waals surface area contributed by atoms with Crippen LogP contribution in [0, 0.1) is 0 Å². The second-order valence-electron chi connectivity index (χ2n) is 6.73. The highest BCUT2D eigenvalue weighted by molar-refractivity contribution is 6.33. The van der Waals surface area contributed by atoms with Gasteiger partial charge >= 0.3 is 6.18 Å². The Kier molecular flexibility index (Phi) is 6.69. The van der Waals surface area contributed by atoms with Gasteiger partial charge in [0, 0.05) is 32.7 Å². The van der Waals surface area contributed by atoms with E-state index >= 15 is 0 Å². The summed E-state index contributed by atoms with van der Waals surface area (Å²) in [6.45, 7) is 3.63. The zero-order chi connectivity index (χ0) is 20.1. The van der Waals surface area contributed by atoms with Crippen LogP contribution in [0.25, 0.3) is 0 Å². The zero-order valence-corrected chi connectivity index (χ0v) is 16.0. The van der Waals surface area contributed by atoms with Crippen molar-refractivity contribution in [2.75, 3.05) is 44.2 Å². The normalized spacial score (nSPS) is 16.8. The molecule has 2 aromatic rings. The lowest BCUT2D eigenvalue weighted by Gasteiger charge is -2.37. The number of rotatable bonds is 6. The molecule has 0 aromatic heterocycles. The van der Waals surface area contributed by atoms with Crippen LogP contribution in [-0.2, 0) is 6.18 Å². The van der Waals surface area contributed by atoms with Crippen LogP contribution in [0.15, 0.2) is 48.5 Å². The summed E-state index contributed by atoms with van der Waals surface area (Å²) in [5, 5.41) is 10.9. The summed E-state index contributed by atoms with van der Waals surface area (Å²) in [6.07, 6.45) is -5.10. The van der Waals surface area contributed by atoms with Crippen molar-refractivity contribution in [2.45, 2.75) is 12.3 Å². The van der Waals surface area contributed by atoms with Gasteiger partial charge in [-0.25, -0.2) is 0 Å². The monoisotopic (exact) mass is 414 g/mol. The first-order valence-corrected chi connectivity index (χ1v) is 9.40. The molecule has 4 nitrogen and oxygen atoms in total. The molecule has 1 saturated heterocycles. The maximum Gasteiger partial charge on any atom is 0.416 e. The number of piperazine rings is 1. The number of hydrogen-bond donors (Lipinski definition) is 1. The summed E-state index contributed by atoms with van der Waals surface area (Å²) in [7, 11) is 0. The van der Waals surface area contributed by atoms with Crippen molar-refractivity contribution in [1.82, 2.24) is 4.90 Å². The van der Waals surface area contributed by atoms with Gasteiger partial charge in [0.15, 0.2) is 0 Å². The van der Waals surface area contributed by atoms with E-state index in [0.29, 0.717) is 12.3 Å². The highest BCUT2D eigenvalue weighted by Crippen LogP contribution is 2.30. The van der Waals surface area contributed by atoms with Gasteiger partial charge in [0.05, 0.1) is 16.3 Å². The highest BCUT2D eigenvalue weighted by atomic mass is 35.5. The van der Waals surface area contributed by atoms with Crippen LogP contribution in [0.1, 0.15) is 5.56 Å². The lowest BCUT2D eigenvalue weighted by atomic mass is 10.2. The third kappa shape index (κ3) is 5.53. The van der Waals surface area contributed by atoms with Crippen molar-refractivity contribution in [1.29, 1.82) is 0 Å². The predicted molar refractivity (Wildman–Crippen MR) is 103 cm³/mol. The Balaban J connectivity index is 1.42. The molecule has 1 heterocycles. The largest absolute Gasteiger partial charge is 0.491 e. The quantitative estimate of drug-likeness (QED) is 0.777. The van der Waals surface area contributed by atoms with E-state index in [9.17, 15) is 18.3 Å². The number of alkyl halides is 3. The Labute approximate surface area is 167 Å². The number of nitrogens with zero attached hydrogens (tertiary/aromatic N) is 2. The number of halogens is 4. The van der Waals surface area contributed by atoms with Crippen LogP contribution >= 0.6 is 11.6 Å². The van der Waals surface area contributed by atoms with Gasteiger partial charge in [0.25, 0.3) is 0 Å². The molecule has 0 radical (unpaired) electrons. The molecule has 0 saturated carbocycles. The average Bonchev–Trinajstić information content (AvgIpc) is 2.67. The van der Waals surface area contributed by atoms with Crippen LogP contribution in [-0.4, -0.2) is 55.4 Å². The van der Waals surface area contributed by atoms with Crippen molar-refractivity contribution in [3.63, 3.8) is 0 Å². The molecule has 152 valence electrons. The first-order valence-electron chi connectivity index (χ1n) is 9.03. The lowest BCUT2D eigenvalue weighted by Crippen LogP contribution is -2.49. The molecule has 0 bridgehead atoms. The molecule has 1 N–H and O–H groups in total. The number of benzene rings is 2. The van der Waals surface area contributed by atoms with E-state index in [2.05, 4.69) is 9.80 Å². The molecule has 0 aliphatic carbocycles. The van der Waals surface area contributed by atoms with E-state index in [4.69, 9.17) is 16.3 Å². The first-order chi connectivity index (χ1) is 13.3. The van der Waals surface area contributed by atoms with Gasteiger partial charge < -0.3 is 14.7 Å². The summed E-state index contributed by atoms with van der Waals surface area (Å²) >= 11 is 6.24. The summed E-state index contributed by atoms with van der Waals surface area (Å²) < 4.78 is 43.1. The third-order valence-electron chi connectivity index (χ3n) is 4.66.